The molecule has 30 heavy (non-hydrogen) atoms. The number of hydrazone groups is 1. The van der Waals surface area contributed by atoms with E-state index in [2.05, 4.69) is 12.0 Å². The summed E-state index contributed by atoms with van der Waals surface area (Å²) in [5.41, 5.74) is 8.49. The van der Waals surface area contributed by atoms with Gasteiger partial charge in [-0.2, -0.15) is 5.10 Å². The third kappa shape index (κ3) is 3.54. The summed E-state index contributed by atoms with van der Waals surface area (Å²) in [4.78, 5) is 13.3. The van der Waals surface area contributed by atoms with Crippen LogP contribution in [0.15, 0.2) is 35.4 Å². The third-order valence-corrected chi connectivity index (χ3v) is 7.45. The van der Waals surface area contributed by atoms with Crippen molar-refractivity contribution in [2.45, 2.75) is 45.6 Å². The fourth-order valence-electron chi connectivity index (χ4n) is 4.80. The summed E-state index contributed by atoms with van der Waals surface area (Å²) in [6.07, 6.45) is 5.26. The van der Waals surface area contributed by atoms with E-state index >= 15 is 0 Å². The summed E-state index contributed by atoms with van der Waals surface area (Å²) in [5.74, 6) is 6.50. The molecule has 1 atom stereocenters. The highest BCUT2D eigenvalue weighted by Gasteiger charge is 2.49. The van der Waals surface area contributed by atoms with Gasteiger partial charge in [-0.15, -0.1) is 0 Å². The van der Waals surface area contributed by atoms with Crippen LogP contribution in [0.25, 0.3) is 0 Å². The number of carbonyl (C=O) groups excluding carboxylic acids is 1. The van der Waals surface area contributed by atoms with E-state index in [1.165, 1.54) is 12.8 Å². The van der Waals surface area contributed by atoms with Crippen molar-refractivity contribution >= 4 is 34.8 Å². The first-order chi connectivity index (χ1) is 14.3. The maximum absolute atomic E-state index is 13.3. The molecule has 0 saturated heterocycles. The highest BCUT2D eigenvalue weighted by molar-refractivity contribution is 6.45. The van der Waals surface area contributed by atoms with Gasteiger partial charge in [-0.05, 0) is 42.4 Å². The van der Waals surface area contributed by atoms with Gasteiger partial charge < -0.3 is 16.3 Å². The maximum Gasteiger partial charge on any atom is 0.171 e. The molecule has 0 spiro atoms. The van der Waals surface area contributed by atoms with Gasteiger partial charge in [-0.3, -0.25) is 4.79 Å². The van der Waals surface area contributed by atoms with Gasteiger partial charge in [-0.1, -0.05) is 67.2 Å². The Morgan fingerprint density at radius 3 is 2.50 bits per heavy atom. The number of amidine groups is 1. The fraction of sp³-hybridized carbons (Fsp3) is 0.391. The molecule has 2 aliphatic carbocycles. The molecular formula is C23H25Cl2N3O2. The standard InChI is InChI=1S/C23H25Cl2N3O2/c1-23(16-4-2-3-5-16)11-15-10-17(19(24)20(25)18(15)21(23)29)30-12-13-6-8-14(9-7-13)22(26)28-27/h6-10,16H,2-5,11-12,27H2,1H3,(H2,26,28). The molecule has 5 nitrogen and oxygen atoms in total. The van der Waals surface area contributed by atoms with E-state index in [1.54, 1.807) is 0 Å². The van der Waals surface area contributed by atoms with E-state index in [9.17, 15) is 4.79 Å². The highest BCUT2D eigenvalue weighted by atomic mass is 35.5. The number of fused-ring (bicyclic) bond motifs is 1. The summed E-state index contributed by atoms with van der Waals surface area (Å²) in [6, 6.07) is 9.31. The van der Waals surface area contributed by atoms with Gasteiger partial charge in [-0.25, -0.2) is 0 Å². The van der Waals surface area contributed by atoms with Crippen molar-refractivity contribution in [2.75, 3.05) is 0 Å². The number of halogens is 2. The van der Waals surface area contributed by atoms with Crippen molar-refractivity contribution < 1.29 is 9.53 Å². The molecule has 1 saturated carbocycles. The van der Waals surface area contributed by atoms with Crippen molar-refractivity contribution in [2.24, 2.45) is 28.0 Å². The molecule has 0 radical (unpaired) electrons. The number of nitrogens with two attached hydrogens (primary N) is 2. The number of nitrogens with zero attached hydrogens (tertiary/aromatic N) is 1. The van der Waals surface area contributed by atoms with Crippen molar-refractivity contribution in [1.82, 2.24) is 0 Å². The van der Waals surface area contributed by atoms with Crippen LogP contribution in [-0.2, 0) is 13.0 Å². The molecular weight excluding hydrogens is 421 g/mol. The Kier molecular flexibility index (Phi) is 5.69. The van der Waals surface area contributed by atoms with Crippen molar-refractivity contribution in [3.05, 3.63) is 62.6 Å². The SMILES string of the molecule is CC1(C2CCCC2)Cc2cc(OCc3ccc(/C(N)=N/N)cc3)c(Cl)c(Cl)c2C1=O. The molecule has 4 rings (SSSR count). The number of ether oxygens (including phenoxy) is 1. The second-order valence-electron chi connectivity index (χ2n) is 8.44. The van der Waals surface area contributed by atoms with E-state index in [0.29, 0.717) is 35.3 Å². The Hall–Kier alpha value is -2.24. The Balaban J connectivity index is 1.56. The zero-order valence-corrected chi connectivity index (χ0v) is 18.4. The van der Waals surface area contributed by atoms with Gasteiger partial charge in [0, 0.05) is 16.5 Å². The number of hydrogen-bond acceptors (Lipinski definition) is 4. The number of benzene rings is 2. The quantitative estimate of drug-likeness (QED) is 0.290. The summed E-state index contributed by atoms with van der Waals surface area (Å²) in [7, 11) is 0. The fourth-order valence-corrected chi connectivity index (χ4v) is 5.31. The molecule has 0 bridgehead atoms. The summed E-state index contributed by atoms with van der Waals surface area (Å²) >= 11 is 13.0. The van der Waals surface area contributed by atoms with Crippen LogP contribution in [0, 0.1) is 11.3 Å². The Morgan fingerprint density at radius 2 is 1.87 bits per heavy atom. The van der Waals surface area contributed by atoms with Crippen molar-refractivity contribution in [1.29, 1.82) is 0 Å². The second-order valence-corrected chi connectivity index (χ2v) is 9.20. The van der Waals surface area contributed by atoms with Crippen LogP contribution in [-0.4, -0.2) is 11.6 Å². The zero-order chi connectivity index (χ0) is 21.5. The Morgan fingerprint density at radius 1 is 1.20 bits per heavy atom. The number of carbonyl (C=O) groups is 1. The van der Waals surface area contributed by atoms with Crippen LogP contribution in [0.5, 0.6) is 5.75 Å². The molecule has 0 amide bonds. The minimum atomic E-state index is -0.398. The van der Waals surface area contributed by atoms with Crippen molar-refractivity contribution in [3.8, 4) is 5.75 Å². The van der Waals surface area contributed by atoms with Gasteiger partial charge >= 0.3 is 0 Å². The van der Waals surface area contributed by atoms with Gasteiger partial charge in [0.1, 0.15) is 23.2 Å². The van der Waals surface area contributed by atoms with Crippen LogP contribution in [0.2, 0.25) is 10.0 Å². The molecule has 1 unspecified atom stereocenters. The Labute approximate surface area is 186 Å². The molecule has 2 aromatic rings. The molecule has 0 heterocycles. The largest absolute Gasteiger partial charge is 0.487 e. The van der Waals surface area contributed by atoms with Crippen LogP contribution in [0.4, 0.5) is 0 Å². The smallest absolute Gasteiger partial charge is 0.171 e. The number of ketones is 1. The molecule has 4 N–H and O–H groups in total. The molecule has 1 fully saturated rings. The van der Waals surface area contributed by atoms with Crippen LogP contribution in [0.1, 0.15) is 59.7 Å². The van der Waals surface area contributed by atoms with Gasteiger partial charge in [0.05, 0.1) is 5.02 Å². The predicted octanol–water partition coefficient (Wildman–Crippen LogP) is 5.09. The summed E-state index contributed by atoms with van der Waals surface area (Å²) in [6.45, 7) is 2.39. The number of rotatable bonds is 5. The van der Waals surface area contributed by atoms with E-state index in [4.69, 9.17) is 39.5 Å². The molecule has 0 aliphatic heterocycles. The lowest BCUT2D eigenvalue weighted by atomic mass is 9.73. The summed E-state index contributed by atoms with van der Waals surface area (Å²) < 4.78 is 5.97. The third-order valence-electron chi connectivity index (χ3n) is 6.60. The average molecular weight is 446 g/mol. The maximum atomic E-state index is 13.3. The van der Waals surface area contributed by atoms with E-state index in [-0.39, 0.29) is 16.6 Å². The second kappa shape index (κ2) is 8.12. The lowest BCUT2D eigenvalue weighted by molar-refractivity contribution is 0.0744. The number of hydrogen-bond donors (Lipinski definition) is 2. The first-order valence-corrected chi connectivity index (χ1v) is 10.9. The van der Waals surface area contributed by atoms with Crippen LogP contribution in [0.3, 0.4) is 0 Å². The highest BCUT2D eigenvalue weighted by Crippen LogP contribution is 2.52. The predicted molar refractivity (Wildman–Crippen MR) is 120 cm³/mol. The van der Waals surface area contributed by atoms with E-state index < -0.39 is 5.41 Å². The number of Topliss-reactive ketones (excluding diaryl/α,β-unsaturated/α-hetero) is 1. The molecule has 158 valence electrons. The normalized spacial score (nSPS) is 21.8. The minimum Gasteiger partial charge on any atom is -0.487 e. The lowest BCUT2D eigenvalue weighted by Crippen LogP contribution is -2.32. The molecule has 7 heteroatoms. The van der Waals surface area contributed by atoms with Gasteiger partial charge in [0.15, 0.2) is 5.78 Å². The molecule has 0 aromatic heterocycles. The minimum absolute atomic E-state index is 0.123. The Bertz CT molecular complexity index is 1010. The monoisotopic (exact) mass is 445 g/mol. The molecule has 2 aromatic carbocycles. The van der Waals surface area contributed by atoms with Gasteiger partial charge in [0.25, 0.3) is 0 Å². The van der Waals surface area contributed by atoms with Crippen LogP contribution < -0.4 is 16.3 Å². The van der Waals surface area contributed by atoms with Crippen LogP contribution >= 0.6 is 23.2 Å². The van der Waals surface area contributed by atoms with Gasteiger partial charge in [0.2, 0.25) is 0 Å². The summed E-state index contributed by atoms with van der Waals surface area (Å²) in [5, 5.41) is 4.08. The van der Waals surface area contributed by atoms with E-state index in [1.807, 2.05) is 30.3 Å². The average Bonchev–Trinajstić information content (AvgIpc) is 3.38. The van der Waals surface area contributed by atoms with Crippen molar-refractivity contribution in [3.63, 3.8) is 0 Å². The van der Waals surface area contributed by atoms with E-state index in [0.717, 1.165) is 29.5 Å². The first kappa shape index (κ1) is 21.0. The topological polar surface area (TPSA) is 90.7 Å². The molecule has 2 aliphatic rings. The first-order valence-electron chi connectivity index (χ1n) is 10.2. The lowest BCUT2D eigenvalue weighted by Gasteiger charge is -2.29. The zero-order valence-electron chi connectivity index (χ0n) is 16.9.